The fraction of sp³-hybridized carbons (Fsp3) is 0.409. The lowest BCUT2D eigenvalue weighted by Gasteiger charge is -2.33. The van der Waals surface area contributed by atoms with Gasteiger partial charge in [0, 0.05) is 19.7 Å². The zero-order valence-corrected chi connectivity index (χ0v) is 15.4. The number of likely N-dealkylation sites (tertiary alicyclic amines) is 1. The smallest absolute Gasteiger partial charge is 0.257 e. The van der Waals surface area contributed by atoms with Crippen LogP contribution in [0.3, 0.4) is 0 Å². The summed E-state index contributed by atoms with van der Waals surface area (Å²) in [5.41, 5.74) is 1.71. The molecule has 0 spiro atoms. The van der Waals surface area contributed by atoms with Gasteiger partial charge >= 0.3 is 0 Å². The van der Waals surface area contributed by atoms with Crippen molar-refractivity contribution >= 4 is 5.91 Å². The highest BCUT2D eigenvalue weighted by Crippen LogP contribution is 2.23. The van der Waals surface area contributed by atoms with E-state index in [4.69, 9.17) is 9.47 Å². The van der Waals surface area contributed by atoms with E-state index in [0.717, 1.165) is 38.0 Å². The molecule has 0 aromatic heterocycles. The second-order valence-corrected chi connectivity index (χ2v) is 6.66. The fourth-order valence-electron chi connectivity index (χ4n) is 3.22. The molecule has 138 valence electrons. The minimum absolute atomic E-state index is 0.0264. The molecular formula is C22H27NO3. The number of nitrogens with zero attached hydrogens (tertiary/aromatic N) is 1. The van der Waals surface area contributed by atoms with E-state index in [-0.39, 0.29) is 12.0 Å². The summed E-state index contributed by atoms with van der Waals surface area (Å²) in [6.45, 7) is 4.74. The lowest BCUT2D eigenvalue weighted by Crippen LogP contribution is -2.43. The Balaban J connectivity index is 1.67. The highest BCUT2D eigenvalue weighted by molar-refractivity contribution is 5.97. The third kappa shape index (κ3) is 4.85. The zero-order valence-electron chi connectivity index (χ0n) is 15.4. The lowest BCUT2D eigenvalue weighted by molar-refractivity contribution is 0.00199. The van der Waals surface area contributed by atoms with Gasteiger partial charge in [-0.3, -0.25) is 4.79 Å². The van der Waals surface area contributed by atoms with Gasteiger partial charge in [-0.05, 0) is 37.0 Å². The Hall–Kier alpha value is -2.33. The molecule has 1 atom stereocenters. The Kier molecular flexibility index (Phi) is 6.67. The molecule has 0 bridgehead atoms. The minimum Gasteiger partial charge on any atom is -0.488 e. The number of carbonyl (C=O) groups is 1. The Labute approximate surface area is 155 Å². The Morgan fingerprint density at radius 2 is 1.88 bits per heavy atom. The molecule has 1 fully saturated rings. The van der Waals surface area contributed by atoms with Gasteiger partial charge in [-0.25, -0.2) is 0 Å². The summed E-state index contributed by atoms with van der Waals surface area (Å²) >= 11 is 0. The first-order valence-electron chi connectivity index (χ1n) is 9.44. The fourth-order valence-corrected chi connectivity index (χ4v) is 3.22. The normalized spacial score (nSPS) is 17.1. The van der Waals surface area contributed by atoms with Crippen LogP contribution in [0.2, 0.25) is 0 Å². The largest absolute Gasteiger partial charge is 0.488 e. The van der Waals surface area contributed by atoms with Crippen LogP contribution in [0.4, 0.5) is 0 Å². The number of piperidine rings is 1. The summed E-state index contributed by atoms with van der Waals surface area (Å²) in [5.74, 6) is 0.663. The van der Waals surface area contributed by atoms with Gasteiger partial charge in [0.1, 0.15) is 12.4 Å². The molecule has 3 rings (SSSR count). The molecule has 2 aromatic carbocycles. The topological polar surface area (TPSA) is 38.8 Å². The molecule has 2 aromatic rings. The molecule has 1 aliphatic heterocycles. The number of amides is 1. The molecule has 4 heteroatoms. The number of hydrogen-bond donors (Lipinski definition) is 0. The lowest BCUT2D eigenvalue weighted by atomic mass is 10.1. The maximum absolute atomic E-state index is 13.0. The van der Waals surface area contributed by atoms with E-state index in [1.165, 1.54) is 0 Å². The van der Waals surface area contributed by atoms with Crippen LogP contribution < -0.4 is 4.74 Å². The van der Waals surface area contributed by atoms with Gasteiger partial charge in [0.2, 0.25) is 0 Å². The van der Waals surface area contributed by atoms with Crippen molar-refractivity contribution in [2.45, 2.75) is 38.9 Å². The van der Waals surface area contributed by atoms with Crippen LogP contribution in [0.5, 0.6) is 5.75 Å². The summed E-state index contributed by atoms with van der Waals surface area (Å²) < 4.78 is 11.8. The molecule has 0 radical (unpaired) electrons. The van der Waals surface area contributed by atoms with Crippen molar-refractivity contribution in [2.24, 2.45) is 0 Å². The number of carbonyl (C=O) groups excluding carboxylic acids is 1. The number of para-hydroxylation sites is 1. The van der Waals surface area contributed by atoms with E-state index >= 15 is 0 Å². The van der Waals surface area contributed by atoms with Crippen molar-refractivity contribution in [3.05, 3.63) is 65.7 Å². The summed E-state index contributed by atoms with van der Waals surface area (Å²) in [6, 6.07) is 17.5. The van der Waals surface area contributed by atoms with Gasteiger partial charge < -0.3 is 14.4 Å². The molecule has 26 heavy (non-hydrogen) atoms. The van der Waals surface area contributed by atoms with Gasteiger partial charge in [-0.15, -0.1) is 0 Å². The standard InChI is InChI=1S/C22H27NO3/c1-2-15-25-19-11-8-14-23(16-19)22(24)20-12-6-7-13-21(20)26-17-18-9-4-3-5-10-18/h3-7,9-10,12-13,19H,2,8,11,14-17H2,1H3. The number of hydrogen-bond acceptors (Lipinski definition) is 3. The van der Waals surface area contributed by atoms with Gasteiger partial charge in [0.15, 0.2) is 0 Å². The average molecular weight is 353 g/mol. The van der Waals surface area contributed by atoms with Crippen LogP contribution in [-0.4, -0.2) is 36.6 Å². The van der Waals surface area contributed by atoms with Crippen molar-refractivity contribution in [3.63, 3.8) is 0 Å². The summed E-state index contributed by atoms with van der Waals surface area (Å²) in [5, 5.41) is 0. The third-order valence-corrected chi connectivity index (χ3v) is 4.58. The first kappa shape index (κ1) is 18.5. The first-order chi connectivity index (χ1) is 12.8. The minimum atomic E-state index is 0.0264. The van der Waals surface area contributed by atoms with Crippen LogP contribution in [0.1, 0.15) is 42.1 Å². The van der Waals surface area contributed by atoms with Crippen molar-refractivity contribution < 1.29 is 14.3 Å². The van der Waals surface area contributed by atoms with Gasteiger partial charge in [0.25, 0.3) is 5.91 Å². The van der Waals surface area contributed by atoms with E-state index in [9.17, 15) is 4.79 Å². The van der Waals surface area contributed by atoms with Crippen LogP contribution >= 0.6 is 0 Å². The second kappa shape index (κ2) is 9.39. The average Bonchev–Trinajstić information content (AvgIpc) is 2.71. The molecule has 1 heterocycles. The van der Waals surface area contributed by atoms with Gasteiger partial charge in [0.05, 0.1) is 11.7 Å². The maximum atomic E-state index is 13.0. The van der Waals surface area contributed by atoms with Gasteiger partial charge in [-0.1, -0.05) is 49.4 Å². The highest BCUT2D eigenvalue weighted by atomic mass is 16.5. The van der Waals surface area contributed by atoms with Crippen LogP contribution in [0, 0.1) is 0 Å². The maximum Gasteiger partial charge on any atom is 0.257 e. The molecule has 0 aliphatic carbocycles. The van der Waals surface area contributed by atoms with E-state index in [2.05, 4.69) is 6.92 Å². The summed E-state index contributed by atoms with van der Waals surface area (Å²) in [6.07, 6.45) is 3.15. The molecule has 1 amide bonds. The van der Waals surface area contributed by atoms with Crippen LogP contribution in [-0.2, 0) is 11.3 Å². The third-order valence-electron chi connectivity index (χ3n) is 4.58. The Morgan fingerprint density at radius 3 is 2.69 bits per heavy atom. The van der Waals surface area contributed by atoms with E-state index in [1.807, 2.05) is 59.5 Å². The van der Waals surface area contributed by atoms with Crippen molar-refractivity contribution in [1.82, 2.24) is 4.90 Å². The highest BCUT2D eigenvalue weighted by Gasteiger charge is 2.26. The van der Waals surface area contributed by atoms with E-state index in [1.54, 1.807) is 0 Å². The zero-order chi connectivity index (χ0) is 18.2. The number of ether oxygens (including phenoxy) is 2. The summed E-state index contributed by atoms with van der Waals surface area (Å²) in [7, 11) is 0. The first-order valence-corrected chi connectivity index (χ1v) is 9.44. The number of benzene rings is 2. The van der Waals surface area contributed by atoms with Crippen molar-refractivity contribution in [1.29, 1.82) is 0 Å². The van der Waals surface area contributed by atoms with Crippen LogP contribution in [0.25, 0.3) is 0 Å². The molecular weight excluding hydrogens is 326 g/mol. The molecule has 1 unspecified atom stereocenters. The Morgan fingerprint density at radius 1 is 1.12 bits per heavy atom. The van der Waals surface area contributed by atoms with E-state index < -0.39 is 0 Å². The van der Waals surface area contributed by atoms with Gasteiger partial charge in [-0.2, -0.15) is 0 Å². The summed E-state index contributed by atoms with van der Waals surface area (Å²) in [4.78, 5) is 14.9. The molecule has 0 saturated carbocycles. The predicted molar refractivity (Wildman–Crippen MR) is 102 cm³/mol. The Bertz CT molecular complexity index is 702. The number of rotatable bonds is 7. The van der Waals surface area contributed by atoms with Crippen LogP contribution in [0.15, 0.2) is 54.6 Å². The molecule has 1 saturated heterocycles. The second-order valence-electron chi connectivity index (χ2n) is 6.66. The van der Waals surface area contributed by atoms with Crippen molar-refractivity contribution in [3.8, 4) is 5.75 Å². The SMILES string of the molecule is CCCOC1CCCN(C(=O)c2ccccc2OCc2ccccc2)C1. The molecule has 1 aliphatic rings. The van der Waals surface area contributed by atoms with E-state index in [0.29, 0.717) is 24.5 Å². The monoisotopic (exact) mass is 353 g/mol. The quantitative estimate of drug-likeness (QED) is 0.745. The predicted octanol–water partition coefficient (Wildman–Crippen LogP) is 4.30. The molecule has 0 N–H and O–H groups in total. The molecule has 4 nitrogen and oxygen atoms in total. The van der Waals surface area contributed by atoms with Crippen molar-refractivity contribution in [2.75, 3.05) is 19.7 Å².